The third-order valence-corrected chi connectivity index (χ3v) is 8.60. The summed E-state index contributed by atoms with van der Waals surface area (Å²) >= 11 is 1.58. The predicted octanol–water partition coefficient (Wildman–Crippen LogP) is 7.98. The van der Waals surface area contributed by atoms with Crippen LogP contribution >= 0.6 is 24.8 Å². The molecular formula is C24H48Cl2Si3Zr-4. The van der Waals surface area contributed by atoms with Crippen LogP contribution in [-0.4, -0.2) is 23.0 Å². The molecule has 2 aliphatic rings. The van der Waals surface area contributed by atoms with Crippen LogP contribution in [0.3, 0.4) is 0 Å². The Balaban J connectivity index is -0.000000114. The fourth-order valence-corrected chi connectivity index (χ4v) is 5.15. The van der Waals surface area contributed by atoms with Crippen molar-refractivity contribution in [1.29, 1.82) is 0 Å². The van der Waals surface area contributed by atoms with Crippen LogP contribution in [0.4, 0.5) is 0 Å². The summed E-state index contributed by atoms with van der Waals surface area (Å²) in [5, 5.41) is 3.04. The number of allylic oxidation sites excluding steroid dienone is 8. The molecule has 0 nitrogen and oxygen atoms in total. The van der Waals surface area contributed by atoms with E-state index in [1.807, 2.05) is 6.88 Å². The minimum absolute atomic E-state index is 0. The van der Waals surface area contributed by atoms with E-state index in [0.717, 1.165) is 12.8 Å². The van der Waals surface area contributed by atoms with E-state index in [1.165, 1.54) is 10.4 Å². The van der Waals surface area contributed by atoms with Crippen molar-refractivity contribution in [1.82, 2.24) is 0 Å². The second kappa shape index (κ2) is 18.5. The molecule has 6 heteroatoms. The van der Waals surface area contributed by atoms with E-state index in [0.29, 0.717) is 11.8 Å². The van der Waals surface area contributed by atoms with Gasteiger partial charge >= 0.3 is 30.2 Å². The predicted molar refractivity (Wildman–Crippen MR) is 151 cm³/mol. The van der Waals surface area contributed by atoms with Crippen molar-refractivity contribution in [2.75, 3.05) is 0 Å². The van der Waals surface area contributed by atoms with Crippen LogP contribution in [0, 0.1) is 38.8 Å². The van der Waals surface area contributed by atoms with Gasteiger partial charge in [-0.15, -0.1) is 37.7 Å². The molecule has 2 aliphatic carbocycles. The van der Waals surface area contributed by atoms with E-state index in [4.69, 9.17) is 0 Å². The van der Waals surface area contributed by atoms with Crippen LogP contribution in [0.5, 0.6) is 0 Å². The Hall–Kier alpha value is 1.07. The average molecular weight is 583 g/mol. The van der Waals surface area contributed by atoms with Gasteiger partial charge in [0.2, 0.25) is 0 Å². The first kappa shape index (κ1) is 41.3. The molecule has 0 bridgehead atoms. The van der Waals surface area contributed by atoms with Crippen LogP contribution in [0.25, 0.3) is 0 Å². The summed E-state index contributed by atoms with van der Waals surface area (Å²) < 4.78 is 0. The molecule has 0 aromatic carbocycles. The molecule has 0 spiro atoms. The molecule has 178 valence electrons. The molecule has 0 radical (unpaired) electrons. The topological polar surface area (TPSA) is 0 Å². The molecule has 0 aromatic heterocycles. The van der Waals surface area contributed by atoms with Crippen molar-refractivity contribution in [2.45, 2.75) is 79.8 Å². The normalized spacial score (nSPS) is 14.6. The Kier molecular flexibility index (Phi) is 25.5. The SMILES string of the molecule is CC(C)C1=CC([Si](C)(C)C)=[C-]C1.CC(C)C1=CC([Si](C)(C)C)=[C-]C1.Cl.Cl.[CH3-].[CH3-].[SiH2]=[Zr]. The molecule has 0 aromatic rings. The summed E-state index contributed by atoms with van der Waals surface area (Å²) in [4.78, 5) is 0. The monoisotopic (exact) mass is 580 g/mol. The molecule has 0 fully saturated rings. The first-order valence-electron chi connectivity index (χ1n) is 9.81. The number of hydrogen-bond acceptors (Lipinski definition) is 0. The summed E-state index contributed by atoms with van der Waals surface area (Å²) in [6.45, 7) is 25.3. The molecular weight excluding hydrogens is 535 g/mol. The molecule has 0 N–H and O–H groups in total. The first-order valence-corrected chi connectivity index (χ1v) is 22.7. The number of rotatable bonds is 4. The van der Waals surface area contributed by atoms with Crippen LogP contribution in [0.2, 0.25) is 39.3 Å². The van der Waals surface area contributed by atoms with Crippen LogP contribution < -0.4 is 0 Å². The van der Waals surface area contributed by atoms with Gasteiger partial charge in [-0.05, 0) is 11.8 Å². The molecule has 0 heterocycles. The van der Waals surface area contributed by atoms with Gasteiger partial charge in [-0.1, -0.05) is 67.0 Å². The summed E-state index contributed by atoms with van der Waals surface area (Å²) in [5.74, 6) is 1.40. The van der Waals surface area contributed by atoms with Crippen LogP contribution in [-0.2, 0) is 23.3 Å². The van der Waals surface area contributed by atoms with Gasteiger partial charge < -0.3 is 14.9 Å². The summed E-state index contributed by atoms with van der Waals surface area (Å²) in [6, 6.07) is 0. The molecule has 0 saturated heterocycles. The van der Waals surface area contributed by atoms with Crippen molar-refractivity contribution < 1.29 is 23.3 Å². The Morgan fingerprint density at radius 2 is 0.933 bits per heavy atom. The van der Waals surface area contributed by atoms with E-state index in [1.54, 1.807) is 34.5 Å². The standard InChI is InChI=1S/2C11H19Si.2CH3.2ClH.H2Si.Zr/c2*1-9(2)10-6-7-11(8-10)12(3,4)5;;;;;;/h2*8-9H,6H2,1-5H3;2*1H3;2*1H;1H2;/q4*-1;;;;. The van der Waals surface area contributed by atoms with Crippen molar-refractivity contribution >= 4 is 47.8 Å². The van der Waals surface area contributed by atoms with Crippen LogP contribution in [0.15, 0.2) is 33.7 Å². The number of hydrogen-bond donors (Lipinski definition) is 0. The van der Waals surface area contributed by atoms with Crippen LogP contribution in [0.1, 0.15) is 40.5 Å². The Bertz CT molecular complexity index is 539. The molecule has 2 rings (SSSR count). The van der Waals surface area contributed by atoms with E-state index >= 15 is 0 Å². The summed E-state index contributed by atoms with van der Waals surface area (Å²) in [6.07, 6.45) is 14.0. The Morgan fingerprint density at radius 3 is 1.03 bits per heavy atom. The van der Waals surface area contributed by atoms with Gasteiger partial charge in [0.1, 0.15) is 0 Å². The zero-order valence-corrected chi connectivity index (χ0v) is 29.3. The molecule has 0 aliphatic heterocycles. The van der Waals surface area contributed by atoms with E-state index in [-0.39, 0.29) is 39.7 Å². The minimum atomic E-state index is -1.08. The third kappa shape index (κ3) is 15.0. The zero-order valence-electron chi connectivity index (χ0n) is 21.7. The molecule has 30 heavy (non-hydrogen) atoms. The second-order valence-corrected chi connectivity index (χ2v) is 19.9. The van der Waals surface area contributed by atoms with Gasteiger partial charge in [0.15, 0.2) is 0 Å². The molecule has 0 atom stereocenters. The van der Waals surface area contributed by atoms with Gasteiger partial charge in [0.25, 0.3) is 0 Å². The van der Waals surface area contributed by atoms with E-state index in [2.05, 4.69) is 91.3 Å². The van der Waals surface area contributed by atoms with Gasteiger partial charge in [-0.25, -0.2) is 22.5 Å². The second-order valence-electron chi connectivity index (χ2n) is 9.78. The first-order chi connectivity index (χ1) is 11.8. The molecule has 0 unspecified atom stereocenters. The maximum atomic E-state index is 3.51. The Morgan fingerprint density at radius 1 is 0.700 bits per heavy atom. The maximum absolute atomic E-state index is 3.51. The van der Waals surface area contributed by atoms with Crippen molar-refractivity contribution in [2.24, 2.45) is 11.8 Å². The third-order valence-electron chi connectivity index (χ3n) is 4.72. The van der Waals surface area contributed by atoms with Crippen molar-refractivity contribution in [3.63, 3.8) is 0 Å². The van der Waals surface area contributed by atoms with Crippen molar-refractivity contribution in [3.8, 4) is 0 Å². The van der Waals surface area contributed by atoms with Gasteiger partial charge in [-0.2, -0.15) is 11.1 Å². The molecule has 0 amide bonds. The fraction of sp³-hybridized carbons (Fsp3) is 0.583. The quantitative estimate of drug-likeness (QED) is 0.233. The fourth-order valence-electron chi connectivity index (χ4n) is 2.67. The Labute approximate surface area is 222 Å². The van der Waals surface area contributed by atoms with E-state index in [9.17, 15) is 0 Å². The summed E-state index contributed by atoms with van der Waals surface area (Å²) in [7, 11) is -2.17. The summed E-state index contributed by atoms with van der Waals surface area (Å²) in [5.41, 5.74) is 3.12. The number of halogens is 2. The van der Waals surface area contributed by atoms with Crippen molar-refractivity contribution in [3.05, 3.63) is 60.7 Å². The van der Waals surface area contributed by atoms with Gasteiger partial charge in [0, 0.05) is 16.1 Å². The van der Waals surface area contributed by atoms with Gasteiger partial charge in [-0.3, -0.25) is 12.2 Å². The zero-order chi connectivity index (χ0) is 20.7. The average Bonchev–Trinajstić information content (AvgIpc) is 3.18. The van der Waals surface area contributed by atoms with Gasteiger partial charge in [0.05, 0.1) is 0 Å². The molecule has 0 saturated carbocycles. The van der Waals surface area contributed by atoms with E-state index < -0.39 is 16.1 Å².